The van der Waals surface area contributed by atoms with Crippen molar-refractivity contribution in [3.05, 3.63) is 18.4 Å². The normalized spacial score (nSPS) is 9.70. The van der Waals surface area contributed by atoms with Crippen LogP contribution in [0.5, 0.6) is 0 Å². The lowest BCUT2D eigenvalue weighted by atomic mass is 10.3. The largest absolute Gasteiger partial charge is 0.447 e. The Hall–Kier alpha value is -0.920. The van der Waals surface area contributed by atoms with E-state index in [4.69, 9.17) is 4.42 Å². The summed E-state index contributed by atoms with van der Waals surface area (Å²) in [5, 5.41) is 4.19. The quantitative estimate of drug-likeness (QED) is 0.586. The number of unbranched alkanes of at least 4 members (excludes halogenated alkanes) is 1. The highest BCUT2D eigenvalue weighted by Crippen LogP contribution is 2.06. The summed E-state index contributed by atoms with van der Waals surface area (Å²) in [4.78, 5) is 0. The second-order valence-corrected chi connectivity index (χ2v) is 2.19. The van der Waals surface area contributed by atoms with Gasteiger partial charge >= 0.3 is 0 Å². The van der Waals surface area contributed by atoms with Gasteiger partial charge in [0, 0.05) is 12.6 Å². The van der Waals surface area contributed by atoms with Crippen LogP contribution in [0.3, 0.4) is 0 Å². The molecule has 1 aromatic rings. The first-order chi connectivity index (χ1) is 4.93. The van der Waals surface area contributed by atoms with Gasteiger partial charge in [-0.3, -0.25) is 5.32 Å². The Morgan fingerprint density at radius 1 is 1.60 bits per heavy atom. The van der Waals surface area contributed by atoms with E-state index >= 15 is 0 Å². The molecule has 0 fully saturated rings. The Morgan fingerprint density at radius 3 is 3.10 bits per heavy atom. The summed E-state index contributed by atoms with van der Waals surface area (Å²) in [5.74, 6) is 0.744. The molecule has 0 bridgehead atoms. The van der Waals surface area contributed by atoms with Crippen molar-refractivity contribution in [3.8, 4) is 0 Å². The van der Waals surface area contributed by atoms with Crippen molar-refractivity contribution in [2.75, 3.05) is 6.54 Å². The van der Waals surface area contributed by atoms with Gasteiger partial charge in [-0.15, -0.1) is 0 Å². The second-order valence-electron chi connectivity index (χ2n) is 2.19. The highest BCUT2D eigenvalue weighted by molar-refractivity contribution is 5.19. The van der Waals surface area contributed by atoms with Crippen LogP contribution in [0, 0.1) is 0 Å². The molecule has 1 aromatic heterocycles. The molecule has 0 unspecified atom stereocenters. The van der Waals surface area contributed by atoms with E-state index in [1.807, 2.05) is 12.1 Å². The van der Waals surface area contributed by atoms with Crippen LogP contribution in [0.25, 0.3) is 0 Å². The van der Waals surface area contributed by atoms with Gasteiger partial charge in [0.25, 0.3) is 0 Å². The minimum absolute atomic E-state index is 0.744. The van der Waals surface area contributed by atoms with Gasteiger partial charge in [0.2, 0.25) is 5.88 Å². The predicted molar refractivity (Wildman–Crippen MR) is 40.3 cm³/mol. The zero-order chi connectivity index (χ0) is 7.23. The molecule has 0 amide bonds. The molecule has 0 saturated carbocycles. The SMILES string of the molecule is CCCC[N]c1ccco1. The Balaban J connectivity index is 2.15. The monoisotopic (exact) mass is 138 g/mol. The molecule has 55 valence electrons. The molecule has 1 heterocycles. The molecular formula is C8H12NO. The van der Waals surface area contributed by atoms with Gasteiger partial charge in [-0.1, -0.05) is 13.3 Å². The molecule has 0 aromatic carbocycles. The first-order valence-corrected chi connectivity index (χ1v) is 3.64. The summed E-state index contributed by atoms with van der Waals surface area (Å²) in [6.45, 7) is 3.03. The van der Waals surface area contributed by atoms with Gasteiger partial charge in [0.1, 0.15) is 0 Å². The van der Waals surface area contributed by atoms with Crippen molar-refractivity contribution in [1.29, 1.82) is 0 Å². The average Bonchev–Trinajstić information content (AvgIpc) is 2.41. The van der Waals surface area contributed by atoms with Gasteiger partial charge in [-0.25, -0.2) is 0 Å². The van der Waals surface area contributed by atoms with E-state index in [9.17, 15) is 0 Å². The summed E-state index contributed by atoms with van der Waals surface area (Å²) >= 11 is 0. The lowest BCUT2D eigenvalue weighted by molar-refractivity contribution is 0.532. The third kappa shape index (κ3) is 2.13. The molecule has 0 aliphatic carbocycles. The first-order valence-electron chi connectivity index (χ1n) is 3.64. The van der Waals surface area contributed by atoms with E-state index < -0.39 is 0 Å². The fourth-order valence-electron chi connectivity index (χ4n) is 0.707. The lowest BCUT2D eigenvalue weighted by Gasteiger charge is -1.94. The van der Waals surface area contributed by atoms with Crippen molar-refractivity contribution >= 4 is 5.88 Å². The van der Waals surface area contributed by atoms with E-state index in [0.717, 1.165) is 18.8 Å². The third-order valence-corrected chi connectivity index (χ3v) is 1.29. The molecule has 1 radical (unpaired) electrons. The summed E-state index contributed by atoms with van der Waals surface area (Å²) in [6, 6.07) is 3.72. The predicted octanol–water partition coefficient (Wildman–Crippen LogP) is 2.32. The van der Waals surface area contributed by atoms with E-state index in [0.29, 0.717) is 0 Å². The Bertz CT molecular complexity index is 158. The third-order valence-electron chi connectivity index (χ3n) is 1.29. The minimum Gasteiger partial charge on any atom is -0.447 e. The standard InChI is InChI=1S/C8H12NO/c1-2-3-6-9-8-5-4-7-10-8/h4-5,7H,2-3,6H2,1H3. The minimum atomic E-state index is 0.744. The van der Waals surface area contributed by atoms with Crippen LogP contribution in [0.2, 0.25) is 0 Å². The Kier molecular flexibility index (Phi) is 2.87. The summed E-state index contributed by atoms with van der Waals surface area (Å²) in [6.07, 6.45) is 3.97. The maximum absolute atomic E-state index is 5.01. The molecule has 0 aliphatic heterocycles. The van der Waals surface area contributed by atoms with Crippen LogP contribution in [0.1, 0.15) is 19.8 Å². The fraction of sp³-hybridized carbons (Fsp3) is 0.500. The zero-order valence-electron chi connectivity index (χ0n) is 6.21. The van der Waals surface area contributed by atoms with Crippen LogP contribution in [0.15, 0.2) is 22.8 Å². The van der Waals surface area contributed by atoms with Crippen LogP contribution in [-0.2, 0) is 0 Å². The van der Waals surface area contributed by atoms with Crippen LogP contribution >= 0.6 is 0 Å². The molecule has 0 saturated heterocycles. The summed E-state index contributed by atoms with van der Waals surface area (Å²) < 4.78 is 5.01. The summed E-state index contributed by atoms with van der Waals surface area (Å²) in [5.41, 5.74) is 0. The average molecular weight is 138 g/mol. The number of rotatable bonds is 4. The maximum Gasteiger partial charge on any atom is 0.213 e. The van der Waals surface area contributed by atoms with Gasteiger partial charge in [0.05, 0.1) is 6.26 Å². The topological polar surface area (TPSA) is 27.2 Å². The molecule has 2 nitrogen and oxygen atoms in total. The molecule has 0 aliphatic rings. The summed E-state index contributed by atoms with van der Waals surface area (Å²) in [7, 11) is 0. The smallest absolute Gasteiger partial charge is 0.213 e. The van der Waals surface area contributed by atoms with Crippen LogP contribution < -0.4 is 5.32 Å². The number of hydrogen-bond acceptors (Lipinski definition) is 1. The Morgan fingerprint density at radius 2 is 2.50 bits per heavy atom. The molecule has 2 heteroatoms. The molecule has 1 rings (SSSR count). The van der Waals surface area contributed by atoms with Crippen molar-refractivity contribution in [3.63, 3.8) is 0 Å². The molecule has 0 N–H and O–H groups in total. The molecule has 0 atom stereocenters. The van der Waals surface area contributed by atoms with Crippen molar-refractivity contribution in [1.82, 2.24) is 5.32 Å². The zero-order valence-corrected chi connectivity index (χ0v) is 6.21. The van der Waals surface area contributed by atoms with Crippen molar-refractivity contribution in [2.45, 2.75) is 19.8 Å². The van der Waals surface area contributed by atoms with Gasteiger partial charge in [-0.05, 0) is 12.5 Å². The van der Waals surface area contributed by atoms with Gasteiger partial charge in [0.15, 0.2) is 0 Å². The highest BCUT2D eigenvalue weighted by atomic mass is 16.3. The van der Waals surface area contributed by atoms with E-state index in [2.05, 4.69) is 12.2 Å². The molecule has 10 heavy (non-hydrogen) atoms. The van der Waals surface area contributed by atoms with E-state index in [1.165, 1.54) is 6.42 Å². The lowest BCUT2D eigenvalue weighted by Crippen LogP contribution is -1.97. The van der Waals surface area contributed by atoms with E-state index in [-0.39, 0.29) is 0 Å². The van der Waals surface area contributed by atoms with Crippen molar-refractivity contribution < 1.29 is 4.42 Å². The highest BCUT2D eigenvalue weighted by Gasteiger charge is 1.92. The number of nitrogens with zero attached hydrogens (tertiary/aromatic N) is 1. The Labute approximate surface area is 61.2 Å². The maximum atomic E-state index is 5.01. The van der Waals surface area contributed by atoms with E-state index in [1.54, 1.807) is 6.26 Å². The first kappa shape index (κ1) is 7.19. The number of furan rings is 1. The molecular weight excluding hydrogens is 126 g/mol. The van der Waals surface area contributed by atoms with Gasteiger partial charge < -0.3 is 4.42 Å². The van der Waals surface area contributed by atoms with Crippen molar-refractivity contribution in [2.24, 2.45) is 0 Å². The van der Waals surface area contributed by atoms with Gasteiger partial charge in [-0.2, -0.15) is 0 Å². The second kappa shape index (κ2) is 3.99. The van der Waals surface area contributed by atoms with Crippen LogP contribution in [-0.4, -0.2) is 6.54 Å². The molecule has 0 spiro atoms. The fourth-order valence-corrected chi connectivity index (χ4v) is 0.707. The number of hydrogen-bond donors (Lipinski definition) is 0. The van der Waals surface area contributed by atoms with Crippen LogP contribution in [0.4, 0.5) is 5.88 Å².